The number of guanidine groups is 1. The van der Waals surface area contributed by atoms with Crippen molar-refractivity contribution in [3.05, 3.63) is 16.1 Å². The number of hydrogen-bond donors (Lipinski definition) is 2. The fourth-order valence-corrected chi connectivity index (χ4v) is 3.97. The molecule has 25 heavy (non-hydrogen) atoms. The van der Waals surface area contributed by atoms with Gasteiger partial charge in [-0.15, -0.1) is 35.3 Å². The fraction of sp³-hybridized carbons (Fsp3) is 0.778. The summed E-state index contributed by atoms with van der Waals surface area (Å²) in [7, 11) is 1.84. The van der Waals surface area contributed by atoms with Crippen molar-refractivity contribution in [1.29, 1.82) is 0 Å². The van der Waals surface area contributed by atoms with Gasteiger partial charge in [-0.3, -0.25) is 4.99 Å². The number of thiazole rings is 1. The number of piperidine rings is 1. The molecule has 0 amide bonds. The van der Waals surface area contributed by atoms with Gasteiger partial charge in [0.25, 0.3) is 0 Å². The van der Waals surface area contributed by atoms with Gasteiger partial charge in [-0.25, -0.2) is 4.98 Å². The van der Waals surface area contributed by atoms with Crippen LogP contribution in [0.5, 0.6) is 0 Å². The Balaban J connectivity index is 0.00000312. The molecule has 0 saturated carbocycles. The van der Waals surface area contributed by atoms with E-state index in [9.17, 15) is 0 Å². The minimum atomic E-state index is 0. The van der Waals surface area contributed by atoms with Crippen LogP contribution in [0.25, 0.3) is 0 Å². The number of nitrogens with one attached hydrogen (secondary N) is 2. The van der Waals surface area contributed by atoms with Crippen molar-refractivity contribution in [2.24, 2.45) is 10.9 Å². The lowest BCUT2D eigenvalue weighted by Gasteiger charge is -2.35. The third-order valence-electron chi connectivity index (χ3n) is 4.64. The van der Waals surface area contributed by atoms with E-state index in [0.717, 1.165) is 31.9 Å². The second kappa shape index (κ2) is 12.1. The van der Waals surface area contributed by atoms with E-state index >= 15 is 0 Å². The number of aromatic nitrogens is 1. The van der Waals surface area contributed by atoms with Crippen LogP contribution in [0.2, 0.25) is 0 Å². The van der Waals surface area contributed by atoms with Gasteiger partial charge in [0.2, 0.25) is 0 Å². The molecule has 2 heterocycles. The first-order valence-corrected chi connectivity index (χ1v) is 10.1. The minimum Gasteiger partial charge on any atom is -0.356 e. The quantitative estimate of drug-likeness (QED) is 0.359. The predicted octanol–water partition coefficient (Wildman–Crippen LogP) is 3.15. The van der Waals surface area contributed by atoms with E-state index in [-0.39, 0.29) is 24.0 Å². The molecule has 2 rings (SSSR count). The lowest BCUT2D eigenvalue weighted by molar-refractivity contribution is 0.141. The topological polar surface area (TPSA) is 52.6 Å². The highest BCUT2D eigenvalue weighted by Crippen LogP contribution is 2.17. The molecule has 1 unspecified atom stereocenters. The van der Waals surface area contributed by atoms with Gasteiger partial charge in [-0.05, 0) is 45.6 Å². The number of hydrogen-bond acceptors (Lipinski definition) is 4. The Labute approximate surface area is 174 Å². The molecule has 1 saturated heterocycles. The third-order valence-corrected chi connectivity index (χ3v) is 5.85. The van der Waals surface area contributed by atoms with Gasteiger partial charge < -0.3 is 15.5 Å². The summed E-state index contributed by atoms with van der Waals surface area (Å²) in [5.41, 5.74) is 0. The molecule has 0 aromatic carbocycles. The van der Waals surface area contributed by atoms with Crippen molar-refractivity contribution in [3.8, 4) is 0 Å². The normalized spacial score (nSPS) is 18.9. The molecule has 1 aromatic heterocycles. The molecule has 5 nitrogen and oxygen atoms in total. The van der Waals surface area contributed by atoms with E-state index in [1.807, 2.05) is 24.6 Å². The summed E-state index contributed by atoms with van der Waals surface area (Å²) in [4.78, 5) is 12.8. The van der Waals surface area contributed by atoms with Gasteiger partial charge in [0, 0.05) is 50.2 Å². The Kier molecular flexibility index (Phi) is 10.9. The van der Waals surface area contributed by atoms with Crippen molar-refractivity contribution in [2.45, 2.75) is 52.5 Å². The van der Waals surface area contributed by atoms with E-state index in [1.54, 1.807) is 0 Å². The molecule has 1 fully saturated rings. The minimum absolute atomic E-state index is 0. The summed E-state index contributed by atoms with van der Waals surface area (Å²) < 4.78 is 0. The van der Waals surface area contributed by atoms with Crippen molar-refractivity contribution >= 4 is 41.3 Å². The van der Waals surface area contributed by atoms with E-state index in [0.29, 0.717) is 12.0 Å². The third kappa shape index (κ3) is 7.78. The molecule has 7 heteroatoms. The van der Waals surface area contributed by atoms with E-state index in [1.165, 1.54) is 35.8 Å². The number of halogens is 1. The Morgan fingerprint density at radius 3 is 2.88 bits per heavy atom. The molecule has 0 aliphatic carbocycles. The Morgan fingerprint density at radius 2 is 2.24 bits per heavy atom. The number of rotatable bonds is 7. The van der Waals surface area contributed by atoms with Gasteiger partial charge in [-0.1, -0.05) is 6.92 Å². The zero-order chi connectivity index (χ0) is 17.4. The maximum absolute atomic E-state index is 4.47. The summed E-state index contributed by atoms with van der Waals surface area (Å²) in [6, 6.07) is 0.650. The van der Waals surface area contributed by atoms with Crippen LogP contribution in [-0.2, 0) is 12.8 Å². The smallest absolute Gasteiger partial charge is 0.191 e. The predicted molar refractivity (Wildman–Crippen MR) is 119 cm³/mol. The van der Waals surface area contributed by atoms with Gasteiger partial charge in [-0.2, -0.15) is 0 Å². The summed E-state index contributed by atoms with van der Waals surface area (Å²) in [6.07, 6.45) is 6.64. The average Bonchev–Trinajstić information content (AvgIpc) is 3.06. The molecular weight excluding hydrogens is 445 g/mol. The first-order chi connectivity index (χ1) is 11.6. The largest absolute Gasteiger partial charge is 0.356 e. The maximum Gasteiger partial charge on any atom is 0.191 e. The Bertz CT molecular complexity index is 517. The monoisotopic (exact) mass is 479 g/mol. The maximum atomic E-state index is 4.47. The highest BCUT2D eigenvalue weighted by molar-refractivity contribution is 14.0. The average molecular weight is 479 g/mol. The summed E-state index contributed by atoms with van der Waals surface area (Å²) in [5.74, 6) is 1.62. The molecule has 0 bridgehead atoms. The molecule has 1 aliphatic heterocycles. The van der Waals surface area contributed by atoms with Crippen LogP contribution >= 0.6 is 35.3 Å². The van der Waals surface area contributed by atoms with E-state index < -0.39 is 0 Å². The molecule has 144 valence electrons. The molecule has 0 radical (unpaired) electrons. The number of nitrogens with zero attached hydrogens (tertiary/aromatic N) is 3. The van der Waals surface area contributed by atoms with E-state index in [4.69, 9.17) is 0 Å². The van der Waals surface area contributed by atoms with Crippen molar-refractivity contribution in [1.82, 2.24) is 20.5 Å². The van der Waals surface area contributed by atoms with Crippen LogP contribution < -0.4 is 10.6 Å². The van der Waals surface area contributed by atoms with Crippen LogP contribution in [0.1, 0.15) is 43.5 Å². The lowest BCUT2D eigenvalue weighted by atomic mass is 9.97. The first-order valence-electron chi connectivity index (χ1n) is 9.24. The summed E-state index contributed by atoms with van der Waals surface area (Å²) in [6.45, 7) is 11.1. The molecular formula is C18H34IN5S. The number of likely N-dealkylation sites (tertiary alicyclic amines) is 1. The second-order valence-electron chi connectivity index (χ2n) is 6.80. The highest BCUT2D eigenvalue weighted by atomic mass is 127. The van der Waals surface area contributed by atoms with Crippen LogP contribution in [0.4, 0.5) is 0 Å². The van der Waals surface area contributed by atoms with Crippen molar-refractivity contribution in [2.75, 3.05) is 33.2 Å². The highest BCUT2D eigenvalue weighted by Gasteiger charge is 2.21. The molecule has 1 atom stereocenters. The number of aryl methyl sites for hydroxylation is 1. The van der Waals surface area contributed by atoms with Crippen molar-refractivity contribution in [3.63, 3.8) is 0 Å². The van der Waals surface area contributed by atoms with Crippen LogP contribution in [0.3, 0.4) is 0 Å². The summed E-state index contributed by atoms with van der Waals surface area (Å²) >= 11 is 1.81. The molecule has 1 aromatic rings. The van der Waals surface area contributed by atoms with Gasteiger partial charge in [0.15, 0.2) is 5.96 Å². The summed E-state index contributed by atoms with van der Waals surface area (Å²) in [5, 5.41) is 8.11. The Hall–Kier alpha value is -0.410. The first kappa shape index (κ1) is 22.6. The lowest BCUT2D eigenvalue weighted by Crippen LogP contribution is -2.46. The van der Waals surface area contributed by atoms with Crippen LogP contribution in [0.15, 0.2) is 11.2 Å². The van der Waals surface area contributed by atoms with Crippen molar-refractivity contribution < 1.29 is 0 Å². The Morgan fingerprint density at radius 1 is 1.44 bits per heavy atom. The van der Waals surface area contributed by atoms with Gasteiger partial charge in [0.1, 0.15) is 0 Å². The van der Waals surface area contributed by atoms with Gasteiger partial charge >= 0.3 is 0 Å². The van der Waals surface area contributed by atoms with Gasteiger partial charge in [0.05, 0.1) is 5.01 Å². The standard InChI is InChI=1S/C18H33N5S.HI/c1-5-16-12-21-17(24-16)8-9-20-18(19-4)22-11-15-7-6-10-23(13-15)14(2)3;/h12,14-15H,5-11,13H2,1-4H3,(H2,19,20,22);1H. The number of aliphatic imine (C=N–C) groups is 1. The fourth-order valence-electron chi connectivity index (χ4n) is 3.11. The van der Waals surface area contributed by atoms with E-state index in [2.05, 4.69) is 46.3 Å². The molecule has 0 spiro atoms. The molecule has 1 aliphatic rings. The van der Waals surface area contributed by atoms with Crippen LogP contribution in [0, 0.1) is 5.92 Å². The molecule has 2 N–H and O–H groups in total. The zero-order valence-corrected chi connectivity index (χ0v) is 19.2. The van der Waals surface area contributed by atoms with Crippen LogP contribution in [-0.4, -0.2) is 55.1 Å². The second-order valence-corrected chi connectivity index (χ2v) is 8.00. The zero-order valence-electron chi connectivity index (χ0n) is 16.0. The SMILES string of the molecule is CCc1cnc(CCNC(=NC)NCC2CCCN(C(C)C)C2)s1.I.